The van der Waals surface area contributed by atoms with Crippen LogP contribution in [0.25, 0.3) is 0 Å². The normalized spacial score (nSPS) is 15.8. The number of nitrogens with two attached hydrogens (primary N) is 1. The molecule has 1 aromatic carbocycles. The Kier molecular flexibility index (Phi) is 8.83. The van der Waals surface area contributed by atoms with Crippen molar-refractivity contribution in [3.8, 4) is 0 Å². The zero-order chi connectivity index (χ0) is 14.7. The van der Waals surface area contributed by atoms with Gasteiger partial charge in [0.05, 0.1) is 5.56 Å². The Hall–Kier alpha value is -0.970. The number of nitrogen functional groups attached to an aromatic ring is 1. The summed E-state index contributed by atoms with van der Waals surface area (Å²) in [6.07, 6.45) is 2.07. The van der Waals surface area contributed by atoms with Gasteiger partial charge in [0.2, 0.25) is 0 Å². The average molecular weight is 348 g/mol. The second-order valence-corrected chi connectivity index (χ2v) is 5.86. The maximum Gasteiger partial charge on any atom is 0.255 e. The molecule has 1 fully saturated rings. The second-order valence-electron chi connectivity index (χ2n) is 5.86. The zero-order valence-electron chi connectivity index (χ0n) is 13.5. The fourth-order valence-corrected chi connectivity index (χ4v) is 2.84. The van der Waals surface area contributed by atoms with Gasteiger partial charge in [-0.1, -0.05) is 12.1 Å². The van der Waals surface area contributed by atoms with Gasteiger partial charge in [0.1, 0.15) is 0 Å². The van der Waals surface area contributed by atoms with Crippen molar-refractivity contribution in [2.24, 2.45) is 0 Å². The lowest BCUT2D eigenvalue weighted by Gasteiger charge is -2.38. The van der Waals surface area contributed by atoms with E-state index in [-0.39, 0.29) is 30.7 Å². The first-order chi connectivity index (χ1) is 9.50. The molecule has 2 rings (SSSR count). The lowest BCUT2D eigenvalue weighted by atomic mass is 10.0. The monoisotopic (exact) mass is 347 g/mol. The molecule has 0 spiro atoms. The highest BCUT2D eigenvalue weighted by Gasteiger charge is 2.27. The number of carbonyl (C=O) groups excluding carboxylic acids is 1. The van der Waals surface area contributed by atoms with Crippen LogP contribution in [-0.4, -0.2) is 47.9 Å². The third kappa shape index (κ3) is 4.77. The summed E-state index contributed by atoms with van der Waals surface area (Å²) in [5.41, 5.74) is 7.07. The predicted molar refractivity (Wildman–Crippen MR) is 97.2 cm³/mol. The minimum atomic E-state index is 0. The molecular weight excluding hydrogens is 321 g/mol. The molecule has 0 bridgehead atoms. The fraction of sp³-hybridized carbons (Fsp3) is 0.562. The summed E-state index contributed by atoms with van der Waals surface area (Å²) in [4.78, 5) is 16.8. The van der Waals surface area contributed by atoms with Gasteiger partial charge in [-0.15, -0.1) is 24.8 Å². The SMILES string of the molecule is CC(C)N1CCC(N(C)C(=O)c2ccccc2N)CC1.Cl.Cl. The minimum absolute atomic E-state index is 0. The van der Waals surface area contributed by atoms with Crippen LogP contribution in [0.4, 0.5) is 5.69 Å². The lowest BCUT2D eigenvalue weighted by Crippen LogP contribution is -2.47. The first-order valence-electron chi connectivity index (χ1n) is 7.36. The highest BCUT2D eigenvalue weighted by Crippen LogP contribution is 2.20. The highest BCUT2D eigenvalue weighted by molar-refractivity contribution is 5.99. The molecule has 4 nitrogen and oxygen atoms in total. The van der Waals surface area contributed by atoms with E-state index in [0.717, 1.165) is 25.9 Å². The molecule has 22 heavy (non-hydrogen) atoms. The predicted octanol–water partition coefficient (Wildman–Crippen LogP) is 3.06. The fourth-order valence-electron chi connectivity index (χ4n) is 2.84. The maximum atomic E-state index is 12.5. The van der Waals surface area contributed by atoms with Crippen molar-refractivity contribution in [3.63, 3.8) is 0 Å². The third-order valence-corrected chi connectivity index (χ3v) is 4.29. The molecule has 0 unspecified atom stereocenters. The van der Waals surface area contributed by atoms with Gasteiger partial charge in [0, 0.05) is 37.9 Å². The van der Waals surface area contributed by atoms with Crippen molar-refractivity contribution in [3.05, 3.63) is 29.8 Å². The Morgan fingerprint density at radius 1 is 1.23 bits per heavy atom. The van der Waals surface area contributed by atoms with Gasteiger partial charge in [-0.25, -0.2) is 0 Å². The second kappa shape index (κ2) is 9.23. The summed E-state index contributed by atoms with van der Waals surface area (Å²) in [6, 6.07) is 8.20. The third-order valence-electron chi connectivity index (χ3n) is 4.29. The van der Waals surface area contributed by atoms with Crippen LogP contribution in [0.2, 0.25) is 0 Å². The van der Waals surface area contributed by atoms with Crippen LogP contribution in [-0.2, 0) is 0 Å². The number of amides is 1. The molecule has 6 heteroatoms. The van der Waals surface area contributed by atoms with Crippen LogP contribution < -0.4 is 5.73 Å². The Bertz CT molecular complexity index is 474. The van der Waals surface area contributed by atoms with Gasteiger partial charge in [0.25, 0.3) is 5.91 Å². The van der Waals surface area contributed by atoms with Crippen LogP contribution in [0, 0.1) is 0 Å². The number of para-hydroxylation sites is 1. The quantitative estimate of drug-likeness (QED) is 0.854. The van der Waals surface area contributed by atoms with E-state index < -0.39 is 0 Å². The van der Waals surface area contributed by atoms with Gasteiger partial charge >= 0.3 is 0 Å². The standard InChI is InChI=1S/C16H25N3O.2ClH/c1-12(2)19-10-8-13(9-11-19)18(3)16(20)14-6-4-5-7-15(14)17;;/h4-7,12-13H,8-11,17H2,1-3H3;2*1H. The number of benzene rings is 1. The Morgan fingerprint density at radius 3 is 2.27 bits per heavy atom. The zero-order valence-corrected chi connectivity index (χ0v) is 15.1. The number of piperidine rings is 1. The number of anilines is 1. The molecule has 1 heterocycles. The molecule has 0 saturated carbocycles. The lowest BCUT2D eigenvalue weighted by molar-refractivity contribution is 0.0616. The van der Waals surface area contributed by atoms with Crippen LogP contribution in [0.1, 0.15) is 37.0 Å². The van der Waals surface area contributed by atoms with E-state index >= 15 is 0 Å². The van der Waals surface area contributed by atoms with Crippen molar-refractivity contribution in [1.82, 2.24) is 9.80 Å². The Labute approximate surface area is 145 Å². The molecule has 1 saturated heterocycles. The number of halogens is 2. The van der Waals surface area contributed by atoms with Gasteiger partial charge in [-0.05, 0) is 38.8 Å². The molecular formula is C16H27Cl2N3O. The molecule has 126 valence electrons. The van der Waals surface area contributed by atoms with Crippen molar-refractivity contribution < 1.29 is 4.79 Å². The largest absolute Gasteiger partial charge is 0.398 e. The first kappa shape index (κ1) is 21.0. The number of nitrogens with zero attached hydrogens (tertiary/aromatic N) is 2. The van der Waals surface area contributed by atoms with Crippen molar-refractivity contribution in [2.45, 2.75) is 38.8 Å². The summed E-state index contributed by atoms with van der Waals surface area (Å²) in [7, 11) is 1.89. The Morgan fingerprint density at radius 2 is 1.77 bits per heavy atom. The van der Waals surface area contributed by atoms with Gasteiger partial charge in [-0.3, -0.25) is 4.79 Å². The average Bonchev–Trinajstić information content (AvgIpc) is 2.46. The molecule has 1 aliphatic heterocycles. The van der Waals surface area contributed by atoms with Gasteiger partial charge < -0.3 is 15.5 Å². The first-order valence-corrected chi connectivity index (χ1v) is 7.36. The molecule has 0 aromatic heterocycles. The molecule has 0 atom stereocenters. The van der Waals surface area contributed by atoms with E-state index in [0.29, 0.717) is 23.3 Å². The summed E-state index contributed by atoms with van der Waals surface area (Å²) < 4.78 is 0. The van der Waals surface area contributed by atoms with Gasteiger partial charge in [0.15, 0.2) is 0 Å². The number of hydrogen-bond acceptors (Lipinski definition) is 3. The number of likely N-dealkylation sites (tertiary alicyclic amines) is 1. The summed E-state index contributed by atoms with van der Waals surface area (Å²) in [5.74, 6) is 0.0334. The number of rotatable bonds is 3. The topological polar surface area (TPSA) is 49.6 Å². The summed E-state index contributed by atoms with van der Waals surface area (Å²) >= 11 is 0. The van der Waals surface area contributed by atoms with Crippen molar-refractivity contribution in [1.29, 1.82) is 0 Å². The summed E-state index contributed by atoms with van der Waals surface area (Å²) in [6.45, 7) is 6.56. The highest BCUT2D eigenvalue weighted by atomic mass is 35.5. The van der Waals surface area contributed by atoms with Gasteiger partial charge in [-0.2, -0.15) is 0 Å². The van der Waals surface area contributed by atoms with Crippen LogP contribution in [0.3, 0.4) is 0 Å². The number of hydrogen-bond donors (Lipinski definition) is 1. The van der Waals surface area contributed by atoms with E-state index in [9.17, 15) is 4.79 Å². The van der Waals surface area contributed by atoms with Crippen molar-refractivity contribution >= 4 is 36.4 Å². The van der Waals surface area contributed by atoms with E-state index in [4.69, 9.17) is 5.73 Å². The van der Waals surface area contributed by atoms with Crippen LogP contribution in [0.5, 0.6) is 0 Å². The molecule has 1 aliphatic rings. The van der Waals surface area contributed by atoms with E-state index in [1.807, 2.05) is 24.1 Å². The van der Waals surface area contributed by atoms with Crippen LogP contribution >= 0.6 is 24.8 Å². The molecule has 0 radical (unpaired) electrons. The molecule has 0 aliphatic carbocycles. The van der Waals surface area contributed by atoms with E-state index in [1.165, 1.54) is 0 Å². The molecule has 2 N–H and O–H groups in total. The summed E-state index contributed by atoms with van der Waals surface area (Å²) in [5, 5.41) is 0. The van der Waals surface area contributed by atoms with Crippen molar-refractivity contribution in [2.75, 3.05) is 25.9 Å². The Balaban J connectivity index is 0.00000220. The van der Waals surface area contributed by atoms with E-state index in [1.54, 1.807) is 12.1 Å². The molecule has 1 aromatic rings. The molecule has 1 amide bonds. The smallest absolute Gasteiger partial charge is 0.255 e. The van der Waals surface area contributed by atoms with E-state index in [2.05, 4.69) is 18.7 Å². The van der Waals surface area contributed by atoms with Crippen LogP contribution in [0.15, 0.2) is 24.3 Å². The minimum Gasteiger partial charge on any atom is -0.398 e. The maximum absolute atomic E-state index is 12.5. The number of carbonyl (C=O) groups is 1.